The average molecular weight is 206 g/mol. The Morgan fingerprint density at radius 1 is 1.27 bits per heavy atom. The summed E-state index contributed by atoms with van der Waals surface area (Å²) < 4.78 is 0. The number of likely N-dealkylation sites (tertiary alicyclic amines) is 1. The fourth-order valence-corrected chi connectivity index (χ4v) is 1.95. The van der Waals surface area contributed by atoms with Crippen molar-refractivity contribution in [2.75, 3.05) is 13.1 Å². The van der Waals surface area contributed by atoms with Crippen molar-refractivity contribution in [2.45, 2.75) is 32.4 Å². The van der Waals surface area contributed by atoms with Crippen LogP contribution in [0.25, 0.3) is 0 Å². The predicted molar refractivity (Wildman–Crippen MR) is 59.1 cm³/mol. The Kier molecular flexibility index (Phi) is 3.64. The van der Waals surface area contributed by atoms with E-state index in [0.29, 0.717) is 6.54 Å². The molecule has 2 N–H and O–H groups in total. The van der Waals surface area contributed by atoms with Crippen LogP contribution in [0.15, 0.2) is 12.3 Å². The van der Waals surface area contributed by atoms with Crippen LogP contribution in [0, 0.1) is 0 Å². The van der Waals surface area contributed by atoms with E-state index in [1.54, 1.807) is 6.20 Å². The van der Waals surface area contributed by atoms with Gasteiger partial charge in [0.25, 0.3) is 0 Å². The van der Waals surface area contributed by atoms with Crippen molar-refractivity contribution >= 4 is 0 Å². The molecule has 0 aromatic carbocycles. The number of nitrogens with zero attached hydrogens (tertiary/aromatic N) is 3. The summed E-state index contributed by atoms with van der Waals surface area (Å²) in [5, 5.41) is 0. The number of nitrogens with two attached hydrogens (primary N) is 1. The van der Waals surface area contributed by atoms with Gasteiger partial charge in [0.2, 0.25) is 0 Å². The molecule has 1 aliphatic rings. The fraction of sp³-hybridized carbons (Fsp3) is 0.636. The van der Waals surface area contributed by atoms with Gasteiger partial charge >= 0.3 is 0 Å². The van der Waals surface area contributed by atoms with Crippen LogP contribution in [-0.2, 0) is 13.1 Å². The molecule has 0 atom stereocenters. The van der Waals surface area contributed by atoms with Gasteiger partial charge in [0.05, 0.1) is 12.2 Å². The molecule has 2 heterocycles. The summed E-state index contributed by atoms with van der Waals surface area (Å²) in [7, 11) is 0. The maximum absolute atomic E-state index is 5.55. The highest BCUT2D eigenvalue weighted by Gasteiger charge is 2.11. The van der Waals surface area contributed by atoms with Gasteiger partial charge in [0.15, 0.2) is 0 Å². The molecule has 0 bridgehead atoms. The number of hydrogen-bond donors (Lipinski definition) is 1. The molecule has 1 saturated heterocycles. The van der Waals surface area contributed by atoms with Crippen molar-refractivity contribution in [1.29, 1.82) is 0 Å². The standard InChI is InChI=1S/C11H18N4/c12-8-10-4-5-13-11(14-10)9-15-6-2-1-3-7-15/h4-5H,1-3,6-9,12H2. The van der Waals surface area contributed by atoms with Gasteiger partial charge in [-0.15, -0.1) is 0 Å². The fourth-order valence-electron chi connectivity index (χ4n) is 1.95. The first-order valence-corrected chi connectivity index (χ1v) is 5.62. The molecule has 4 heteroatoms. The molecule has 82 valence electrons. The van der Waals surface area contributed by atoms with Crippen LogP contribution >= 0.6 is 0 Å². The average Bonchev–Trinajstić information content (AvgIpc) is 2.31. The smallest absolute Gasteiger partial charge is 0.142 e. The van der Waals surface area contributed by atoms with Crippen LogP contribution in [0.5, 0.6) is 0 Å². The molecule has 0 spiro atoms. The van der Waals surface area contributed by atoms with E-state index in [2.05, 4.69) is 14.9 Å². The number of piperidine rings is 1. The quantitative estimate of drug-likeness (QED) is 0.799. The molecule has 1 aliphatic heterocycles. The van der Waals surface area contributed by atoms with Gasteiger partial charge in [0.1, 0.15) is 5.82 Å². The van der Waals surface area contributed by atoms with E-state index in [9.17, 15) is 0 Å². The normalized spacial score (nSPS) is 17.9. The van der Waals surface area contributed by atoms with Gasteiger partial charge in [-0.1, -0.05) is 6.42 Å². The zero-order valence-electron chi connectivity index (χ0n) is 9.02. The summed E-state index contributed by atoms with van der Waals surface area (Å²) in [5.41, 5.74) is 6.48. The minimum atomic E-state index is 0.496. The Bertz CT molecular complexity index is 307. The van der Waals surface area contributed by atoms with Crippen LogP contribution in [0.3, 0.4) is 0 Å². The van der Waals surface area contributed by atoms with Gasteiger partial charge in [-0.05, 0) is 32.0 Å². The third-order valence-electron chi connectivity index (χ3n) is 2.79. The first kappa shape index (κ1) is 10.5. The molecule has 15 heavy (non-hydrogen) atoms. The molecule has 0 saturated carbocycles. The minimum Gasteiger partial charge on any atom is -0.325 e. The van der Waals surface area contributed by atoms with E-state index in [4.69, 9.17) is 5.73 Å². The molecule has 2 rings (SSSR count). The van der Waals surface area contributed by atoms with Gasteiger partial charge in [-0.3, -0.25) is 4.90 Å². The van der Waals surface area contributed by atoms with Crippen molar-refractivity contribution in [3.05, 3.63) is 23.8 Å². The lowest BCUT2D eigenvalue weighted by molar-refractivity contribution is 0.215. The first-order valence-electron chi connectivity index (χ1n) is 5.62. The highest BCUT2D eigenvalue weighted by atomic mass is 15.1. The topological polar surface area (TPSA) is 55.0 Å². The summed E-state index contributed by atoms with van der Waals surface area (Å²) in [5.74, 6) is 0.903. The Balaban J connectivity index is 1.96. The highest BCUT2D eigenvalue weighted by Crippen LogP contribution is 2.10. The maximum Gasteiger partial charge on any atom is 0.142 e. The van der Waals surface area contributed by atoms with Crippen molar-refractivity contribution in [3.63, 3.8) is 0 Å². The lowest BCUT2D eigenvalue weighted by Crippen LogP contribution is -2.30. The Hall–Kier alpha value is -1.00. The van der Waals surface area contributed by atoms with Gasteiger partial charge in [-0.25, -0.2) is 9.97 Å². The van der Waals surface area contributed by atoms with E-state index >= 15 is 0 Å². The van der Waals surface area contributed by atoms with E-state index < -0.39 is 0 Å². The second-order valence-corrected chi connectivity index (χ2v) is 4.01. The minimum absolute atomic E-state index is 0.496. The van der Waals surface area contributed by atoms with Crippen LogP contribution in [-0.4, -0.2) is 28.0 Å². The zero-order valence-corrected chi connectivity index (χ0v) is 9.02. The lowest BCUT2D eigenvalue weighted by atomic mass is 10.1. The summed E-state index contributed by atoms with van der Waals surface area (Å²) in [6.07, 6.45) is 5.77. The third kappa shape index (κ3) is 2.97. The van der Waals surface area contributed by atoms with Gasteiger partial charge < -0.3 is 5.73 Å². The Morgan fingerprint density at radius 3 is 2.80 bits per heavy atom. The molecule has 1 aromatic rings. The van der Waals surface area contributed by atoms with E-state index in [1.807, 2.05) is 6.07 Å². The molecule has 1 fully saturated rings. The van der Waals surface area contributed by atoms with Crippen LogP contribution < -0.4 is 5.73 Å². The van der Waals surface area contributed by atoms with Gasteiger partial charge in [0, 0.05) is 12.7 Å². The SMILES string of the molecule is NCc1ccnc(CN2CCCCC2)n1. The maximum atomic E-state index is 5.55. The predicted octanol–water partition coefficient (Wildman–Crippen LogP) is 0.921. The molecule has 0 unspecified atom stereocenters. The molecule has 0 radical (unpaired) electrons. The molecule has 0 aliphatic carbocycles. The Morgan fingerprint density at radius 2 is 2.07 bits per heavy atom. The molecular weight excluding hydrogens is 188 g/mol. The van der Waals surface area contributed by atoms with E-state index in [0.717, 1.165) is 18.1 Å². The van der Waals surface area contributed by atoms with Gasteiger partial charge in [-0.2, -0.15) is 0 Å². The summed E-state index contributed by atoms with van der Waals surface area (Å²) in [6, 6.07) is 1.87. The monoisotopic (exact) mass is 206 g/mol. The zero-order chi connectivity index (χ0) is 10.5. The first-order chi connectivity index (χ1) is 7.38. The molecule has 4 nitrogen and oxygen atoms in total. The van der Waals surface area contributed by atoms with Crippen molar-refractivity contribution < 1.29 is 0 Å². The van der Waals surface area contributed by atoms with E-state index in [-0.39, 0.29) is 0 Å². The lowest BCUT2D eigenvalue weighted by Gasteiger charge is -2.25. The summed E-state index contributed by atoms with van der Waals surface area (Å²) >= 11 is 0. The number of rotatable bonds is 3. The summed E-state index contributed by atoms with van der Waals surface area (Å²) in [6.45, 7) is 3.72. The van der Waals surface area contributed by atoms with Crippen LogP contribution in [0.1, 0.15) is 30.8 Å². The number of hydrogen-bond acceptors (Lipinski definition) is 4. The highest BCUT2D eigenvalue weighted by molar-refractivity contribution is 5.01. The van der Waals surface area contributed by atoms with Crippen molar-refractivity contribution in [2.24, 2.45) is 5.73 Å². The number of aromatic nitrogens is 2. The third-order valence-corrected chi connectivity index (χ3v) is 2.79. The van der Waals surface area contributed by atoms with Crippen LogP contribution in [0.2, 0.25) is 0 Å². The largest absolute Gasteiger partial charge is 0.325 e. The van der Waals surface area contributed by atoms with Crippen molar-refractivity contribution in [1.82, 2.24) is 14.9 Å². The van der Waals surface area contributed by atoms with Crippen LogP contribution in [0.4, 0.5) is 0 Å². The molecule has 1 aromatic heterocycles. The molecule has 0 amide bonds. The van der Waals surface area contributed by atoms with E-state index in [1.165, 1.54) is 32.4 Å². The molecular formula is C11H18N4. The second kappa shape index (κ2) is 5.19. The summed E-state index contributed by atoms with van der Waals surface area (Å²) in [4.78, 5) is 11.1. The second-order valence-electron chi connectivity index (χ2n) is 4.01. The Labute approximate surface area is 90.5 Å². The van der Waals surface area contributed by atoms with Crippen molar-refractivity contribution in [3.8, 4) is 0 Å².